The molecule has 92 valence electrons. The summed E-state index contributed by atoms with van der Waals surface area (Å²) in [6.45, 7) is 5.88. The van der Waals surface area contributed by atoms with Crippen LogP contribution in [0.5, 0.6) is 0 Å². The molecule has 0 saturated heterocycles. The van der Waals surface area contributed by atoms with E-state index in [2.05, 4.69) is 22.5 Å². The summed E-state index contributed by atoms with van der Waals surface area (Å²) in [5.74, 6) is -1.13. The van der Waals surface area contributed by atoms with Crippen molar-refractivity contribution in [2.75, 3.05) is 0 Å². The third-order valence-electron chi connectivity index (χ3n) is 2.76. The van der Waals surface area contributed by atoms with Gasteiger partial charge in [0.05, 0.1) is 5.92 Å². The Hall–Kier alpha value is -1.09. The molecule has 1 atom stereocenters. The Morgan fingerprint density at radius 3 is 2.76 bits per heavy atom. The molecule has 1 N–H and O–H groups in total. The standard InChI is InChI=1S/C14H17BrO2/c1-3-10(2)7-12(14(16)17)8-11-5-4-6-13(15)9-11/h4-6,9,12H,2-3,7-8H2,1H3,(H,16,17). The van der Waals surface area contributed by atoms with E-state index in [0.717, 1.165) is 22.0 Å². The summed E-state index contributed by atoms with van der Waals surface area (Å²) in [4.78, 5) is 11.2. The van der Waals surface area contributed by atoms with E-state index in [9.17, 15) is 9.90 Å². The van der Waals surface area contributed by atoms with Crippen molar-refractivity contribution in [3.05, 3.63) is 46.5 Å². The van der Waals surface area contributed by atoms with Crippen LogP contribution in [-0.4, -0.2) is 11.1 Å². The maximum Gasteiger partial charge on any atom is 0.307 e. The largest absolute Gasteiger partial charge is 0.481 e. The van der Waals surface area contributed by atoms with Gasteiger partial charge >= 0.3 is 5.97 Å². The average Bonchev–Trinajstić information content (AvgIpc) is 2.27. The van der Waals surface area contributed by atoms with E-state index in [0.29, 0.717) is 12.8 Å². The highest BCUT2D eigenvalue weighted by molar-refractivity contribution is 9.10. The van der Waals surface area contributed by atoms with E-state index in [1.54, 1.807) is 0 Å². The SMILES string of the molecule is C=C(CC)CC(Cc1cccc(Br)c1)C(=O)O. The number of rotatable bonds is 6. The minimum absolute atomic E-state index is 0.378. The van der Waals surface area contributed by atoms with E-state index in [-0.39, 0.29) is 5.92 Å². The maximum atomic E-state index is 11.2. The highest BCUT2D eigenvalue weighted by Gasteiger charge is 2.18. The van der Waals surface area contributed by atoms with Gasteiger partial charge in [0.1, 0.15) is 0 Å². The van der Waals surface area contributed by atoms with Gasteiger partial charge in [-0.15, -0.1) is 0 Å². The number of halogens is 1. The lowest BCUT2D eigenvalue weighted by Crippen LogP contribution is -2.17. The fraction of sp³-hybridized carbons (Fsp3) is 0.357. The first-order chi connectivity index (χ1) is 8.02. The summed E-state index contributed by atoms with van der Waals surface area (Å²) in [7, 11) is 0. The van der Waals surface area contributed by atoms with E-state index in [1.807, 2.05) is 31.2 Å². The molecule has 0 aliphatic heterocycles. The first kappa shape index (κ1) is 14.0. The van der Waals surface area contributed by atoms with Crippen molar-refractivity contribution in [1.82, 2.24) is 0 Å². The highest BCUT2D eigenvalue weighted by Crippen LogP contribution is 2.20. The average molecular weight is 297 g/mol. The van der Waals surface area contributed by atoms with Crippen molar-refractivity contribution in [1.29, 1.82) is 0 Å². The molecule has 0 spiro atoms. The molecule has 2 nitrogen and oxygen atoms in total. The Labute approximate surface area is 110 Å². The molecule has 0 radical (unpaired) electrons. The molecule has 0 heterocycles. The zero-order valence-corrected chi connectivity index (χ0v) is 11.5. The Morgan fingerprint density at radius 2 is 2.24 bits per heavy atom. The van der Waals surface area contributed by atoms with Crippen LogP contribution in [0.25, 0.3) is 0 Å². The van der Waals surface area contributed by atoms with Crippen molar-refractivity contribution >= 4 is 21.9 Å². The van der Waals surface area contributed by atoms with Gasteiger partial charge in [0, 0.05) is 4.47 Å². The van der Waals surface area contributed by atoms with Crippen molar-refractivity contribution in [2.24, 2.45) is 5.92 Å². The second-order valence-corrected chi connectivity index (χ2v) is 5.09. The zero-order valence-electron chi connectivity index (χ0n) is 9.95. The second-order valence-electron chi connectivity index (χ2n) is 4.18. The fourth-order valence-corrected chi connectivity index (χ4v) is 2.13. The van der Waals surface area contributed by atoms with Gasteiger partial charge in [0.25, 0.3) is 0 Å². The van der Waals surface area contributed by atoms with Gasteiger partial charge in [-0.3, -0.25) is 4.79 Å². The topological polar surface area (TPSA) is 37.3 Å². The maximum absolute atomic E-state index is 11.2. The van der Waals surface area contributed by atoms with Crippen molar-refractivity contribution in [3.63, 3.8) is 0 Å². The molecule has 0 aliphatic rings. The van der Waals surface area contributed by atoms with Gasteiger partial charge in [0.15, 0.2) is 0 Å². The summed E-state index contributed by atoms with van der Waals surface area (Å²) in [5.41, 5.74) is 2.03. The molecule has 1 unspecified atom stereocenters. The molecule has 0 fully saturated rings. The van der Waals surface area contributed by atoms with Gasteiger partial charge in [-0.1, -0.05) is 47.1 Å². The molecule has 0 amide bonds. The second kappa shape index (κ2) is 6.60. The van der Waals surface area contributed by atoms with Crippen LogP contribution >= 0.6 is 15.9 Å². The number of benzene rings is 1. The Balaban J connectivity index is 2.73. The number of allylic oxidation sites excluding steroid dienone is 1. The van der Waals surface area contributed by atoms with Crippen molar-refractivity contribution in [2.45, 2.75) is 26.2 Å². The van der Waals surface area contributed by atoms with Crippen LogP contribution in [0.3, 0.4) is 0 Å². The van der Waals surface area contributed by atoms with Crippen LogP contribution in [0, 0.1) is 5.92 Å². The molecule has 17 heavy (non-hydrogen) atoms. The normalized spacial score (nSPS) is 12.1. The highest BCUT2D eigenvalue weighted by atomic mass is 79.9. The molecule has 3 heteroatoms. The van der Waals surface area contributed by atoms with Gasteiger partial charge in [0.2, 0.25) is 0 Å². The quantitative estimate of drug-likeness (QED) is 0.804. The van der Waals surface area contributed by atoms with Gasteiger partial charge in [-0.05, 0) is 37.0 Å². The van der Waals surface area contributed by atoms with Crippen LogP contribution < -0.4 is 0 Å². The van der Waals surface area contributed by atoms with Crippen LogP contribution in [0.4, 0.5) is 0 Å². The van der Waals surface area contributed by atoms with E-state index in [4.69, 9.17) is 0 Å². The lowest BCUT2D eigenvalue weighted by atomic mass is 9.92. The smallest absolute Gasteiger partial charge is 0.307 e. The number of aliphatic carboxylic acids is 1. The summed E-state index contributed by atoms with van der Waals surface area (Å²) in [6, 6.07) is 7.78. The van der Waals surface area contributed by atoms with Gasteiger partial charge in [-0.25, -0.2) is 0 Å². The molecule has 0 saturated carbocycles. The van der Waals surface area contributed by atoms with Crippen LogP contribution in [-0.2, 0) is 11.2 Å². The first-order valence-corrected chi connectivity index (χ1v) is 6.46. The molecule has 0 bridgehead atoms. The Morgan fingerprint density at radius 1 is 1.53 bits per heavy atom. The lowest BCUT2D eigenvalue weighted by Gasteiger charge is -2.13. The summed E-state index contributed by atoms with van der Waals surface area (Å²) in [5, 5.41) is 9.20. The van der Waals surface area contributed by atoms with Gasteiger partial charge in [-0.2, -0.15) is 0 Å². The lowest BCUT2D eigenvalue weighted by molar-refractivity contribution is -0.141. The minimum atomic E-state index is -0.750. The van der Waals surface area contributed by atoms with Crippen molar-refractivity contribution in [3.8, 4) is 0 Å². The fourth-order valence-electron chi connectivity index (χ4n) is 1.69. The van der Waals surface area contributed by atoms with Crippen molar-refractivity contribution < 1.29 is 9.90 Å². The number of hydrogen-bond acceptors (Lipinski definition) is 1. The summed E-state index contributed by atoms with van der Waals surface area (Å²) < 4.78 is 0.980. The predicted octanol–water partition coefficient (Wildman–Crippen LogP) is 4.05. The van der Waals surface area contributed by atoms with Gasteiger partial charge < -0.3 is 5.11 Å². The van der Waals surface area contributed by atoms with Crippen LogP contribution in [0.1, 0.15) is 25.3 Å². The Bertz CT molecular complexity index is 412. The third-order valence-corrected chi connectivity index (χ3v) is 3.25. The molecule has 1 rings (SSSR count). The Kier molecular flexibility index (Phi) is 5.42. The zero-order chi connectivity index (χ0) is 12.8. The molecular formula is C14H17BrO2. The molecule has 1 aromatic carbocycles. The number of hydrogen-bond donors (Lipinski definition) is 1. The molecule has 0 aliphatic carbocycles. The molecule has 1 aromatic rings. The number of carboxylic acid groups (broad SMARTS) is 1. The first-order valence-electron chi connectivity index (χ1n) is 5.66. The van der Waals surface area contributed by atoms with E-state index < -0.39 is 5.97 Å². The summed E-state index contributed by atoms with van der Waals surface area (Å²) in [6.07, 6.45) is 1.94. The van der Waals surface area contributed by atoms with E-state index >= 15 is 0 Å². The van der Waals surface area contributed by atoms with Crippen LogP contribution in [0.15, 0.2) is 40.9 Å². The summed E-state index contributed by atoms with van der Waals surface area (Å²) >= 11 is 3.39. The van der Waals surface area contributed by atoms with E-state index in [1.165, 1.54) is 0 Å². The number of carbonyl (C=O) groups is 1. The molecule has 0 aromatic heterocycles. The monoisotopic (exact) mass is 296 g/mol. The number of carboxylic acids is 1. The minimum Gasteiger partial charge on any atom is -0.481 e. The van der Waals surface area contributed by atoms with Crippen LogP contribution in [0.2, 0.25) is 0 Å². The predicted molar refractivity (Wildman–Crippen MR) is 73.0 cm³/mol. The third kappa shape index (κ3) is 4.73. The molecular weight excluding hydrogens is 280 g/mol.